The van der Waals surface area contributed by atoms with Crippen molar-refractivity contribution >= 4 is 6.08 Å². The number of fused-ring (bicyclic) bond motifs is 2. The third-order valence-corrected chi connectivity index (χ3v) is 6.82. The molecule has 1 N–H and O–H groups in total. The van der Waals surface area contributed by atoms with Crippen LogP contribution in [0.1, 0.15) is 30.9 Å². The summed E-state index contributed by atoms with van der Waals surface area (Å²) in [6.07, 6.45) is 19.6. The van der Waals surface area contributed by atoms with E-state index < -0.39 is 0 Å². The Morgan fingerprint density at radius 2 is 1.69 bits per heavy atom. The van der Waals surface area contributed by atoms with Crippen molar-refractivity contribution in [3.05, 3.63) is 148 Å². The Morgan fingerprint density at radius 1 is 0.812 bits per heavy atom. The maximum atomic E-state index is 3.47. The highest BCUT2D eigenvalue weighted by Gasteiger charge is 2.36. The molecule has 0 bridgehead atoms. The van der Waals surface area contributed by atoms with Crippen LogP contribution < -0.4 is 5.32 Å². The van der Waals surface area contributed by atoms with Crippen molar-refractivity contribution in [2.24, 2.45) is 0 Å². The molecule has 1 unspecified atom stereocenters. The lowest BCUT2D eigenvalue weighted by molar-refractivity contribution is 0.949. The number of benzene rings is 2. The second kappa shape index (κ2) is 7.39. The predicted molar refractivity (Wildman–Crippen MR) is 135 cm³/mol. The zero-order chi connectivity index (χ0) is 21.7. The SMILES string of the molecule is CC1=Cc2c(-c3ccccc3)cccc2C1C1=C(C)C=C2C=CC(C3=CC=CC=CN3)=C21. The highest BCUT2D eigenvalue weighted by atomic mass is 14.9. The standard InChI is InChI=1S/C31H25N/c1-20-18-23-15-16-26(28-14-7-4-8-17-32-28)31(23)30(20)29-21(2)19-27-24(12-9-13-25(27)29)22-10-5-3-6-11-22/h3-19,29,32H,1-2H3. The van der Waals surface area contributed by atoms with E-state index in [2.05, 4.69) is 110 Å². The maximum Gasteiger partial charge on any atom is 0.0459 e. The lowest BCUT2D eigenvalue weighted by Gasteiger charge is -2.22. The molecule has 0 amide bonds. The van der Waals surface area contributed by atoms with Gasteiger partial charge in [0.25, 0.3) is 0 Å². The Morgan fingerprint density at radius 3 is 2.56 bits per heavy atom. The van der Waals surface area contributed by atoms with Crippen LogP contribution in [0.3, 0.4) is 0 Å². The van der Waals surface area contributed by atoms with Crippen LogP contribution in [0.15, 0.2) is 136 Å². The molecule has 1 heteroatoms. The first-order chi connectivity index (χ1) is 15.7. The van der Waals surface area contributed by atoms with Crippen LogP contribution in [0, 0.1) is 0 Å². The summed E-state index contributed by atoms with van der Waals surface area (Å²) in [4.78, 5) is 0. The second-order valence-electron chi connectivity index (χ2n) is 8.78. The van der Waals surface area contributed by atoms with Crippen LogP contribution >= 0.6 is 0 Å². The van der Waals surface area contributed by atoms with Crippen molar-refractivity contribution in [3.63, 3.8) is 0 Å². The molecule has 0 saturated heterocycles. The van der Waals surface area contributed by atoms with E-state index in [9.17, 15) is 0 Å². The van der Waals surface area contributed by atoms with Crippen LogP contribution in [0.4, 0.5) is 0 Å². The summed E-state index contributed by atoms with van der Waals surface area (Å²) < 4.78 is 0. The molecule has 6 rings (SSSR count). The van der Waals surface area contributed by atoms with Crippen molar-refractivity contribution in [3.8, 4) is 11.1 Å². The van der Waals surface area contributed by atoms with Crippen molar-refractivity contribution in [1.82, 2.24) is 5.32 Å². The van der Waals surface area contributed by atoms with Gasteiger partial charge < -0.3 is 5.32 Å². The van der Waals surface area contributed by atoms with Gasteiger partial charge in [-0.2, -0.15) is 0 Å². The van der Waals surface area contributed by atoms with E-state index >= 15 is 0 Å². The quantitative estimate of drug-likeness (QED) is 0.550. The molecule has 2 aromatic carbocycles. The fraction of sp³-hybridized carbons (Fsp3) is 0.0968. The molecule has 0 radical (unpaired) electrons. The first-order valence-electron chi connectivity index (χ1n) is 11.2. The molecule has 0 fully saturated rings. The molecule has 3 aliphatic carbocycles. The Bertz CT molecular complexity index is 1380. The molecule has 4 aliphatic rings. The van der Waals surface area contributed by atoms with E-state index in [0.717, 1.165) is 5.70 Å². The third kappa shape index (κ3) is 2.85. The van der Waals surface area contributed by atoms with Crippen LogP contribution in [0.5, 0.6) is 0 Å². The van der Waals surface area contributed by atoms with Crippen molar-refractivity contribution < 1.29 is 0 Å². The van der Waals surface area contributed by atoms with Gasteiger partial charge in [-0.25, -0.2) is 0 Å². The molecule has 0 aromatic heterocycles. The molecule has 1 nitrogen and oxygen atoms in total. The van der Waals surface area contributed by atoms with E-state index in [0.29, 0.717) is 0 Å². The van der Waals surface area contributed by atoms with Gasteiger partial charge in [0.2, 0.25) is 0 Å². The molecule has 1 atom stereocenters. The smallest absolute Gasteiger partial charge is 0.0459 e. The third-order valence-electron chi connectivity index (χ3n) is 6.82. The summed E-state index contributed by atoms with van der Waals surface area (Å²) in [6.45, 7) is 4.55. The second-order valence-corrected chi connectivity index (χ2v) is 8.78. The molecular weight excluding hydrogens is 386 g/mol. The fourth-order valence-electron chi connectivity index (χ4n) is 5.45. The van der Waals surface area contributed by atoms with E-state index in [1.807, 2.05) is 12.3 Å². The number of hydrogen-bond donors (Lipinski definition) is 1. The lowest BCUT2D eigenvalue weighted by atomic mass is 9.81. The summed E-state index contributed by atoms with van der Waals surface area (Å²) in [5.74, 6) is 0.282. The largest absolute Gasteiger partial charge is 0.361 e. The Labute approximate surface area is 189 Å². The topological polar surface area (TPSA) is 12.0 Å². The number of allylic oxidation sites excluding steroid dienone is 12. The van der Waals surface area contributed by atoms with Crippen LogP contribution in [-0.2, 0) is 0 Å². The minimum atomic E-state index is 0.282. The molecular formula is C31H25N. The van der Waals surface area contributed by atoms with Crippen LogP contribution in [0.2, 0.25) is 0 Å². The molecule has 0 spiro atoms. The highest BCUT2D eigenvalue weighted by Crippen LogP contribution is 2.53. The fourth-order valence-corrected chi connectivity index (χ4v) is 5.45. The van der Waals surface area contributed by atoms with Crippen molar-refractivity contribution in [2.75, 3.05) is 0 Å². The molecule has 32 heavy (non-hydrogen) atoms. The summed E-state index contributed by atoms with van der Waals surface area (Å²) in [5.41, 5.74) is 14.7. The molecule has 1 heterocycles. The van der Waals surface area contributed by atoms with Gasteiger partial charge in [-0.15, -0.1) is 0 Å². The van der Waals surface area contributed by atoms with Gasteiger partial charge >= 0.3 is 0 Å². The van der Waals surface area contributed by atoms with E-state index in [1.54, 1.807) is 0 Å². The summed E-state index contributed by atoms with van der Waals surface area (Å²) >= 11 is 0. The Hall–Kier alpha value is -3.84. The molecule has 1 aliphatic heterocycles. The van der Waals surface area contributed by atoms with Crippen LogP contribution in [-0.4, -0.2) is 0 Å². The number of hydrogen-bond acceptors (Lipinski definition) is 1. The minimum Gasteiger partial charge on any atom is -0.361 e. The van der Waals surface area contributed by atoms with Gasteiger partial charge in [0, 0.05) is 23.4 Å². The van der Waals surface area contributed by atoms with Gasteiger partial charge in [0.1, 0.15) is 0 Å². The first kappa shape index (κ1) is 18.9. The average molecular weight is 412 g/mol. The molecule has 2 aromatic rings. The normalized spacial score (nSPS) is 20.7. The van der Waals surface area contributed by atoms with Crippen molar-refractivity contribution in [1.29, 1.82) is 0 Å². The van der Waals surface area contributed by atoms with Gasteiger partial charge in [0.05, 0.1) is 0 Å². The van der Waals surface area contributed by atoms with Crippen molar-refractivity contribution in [2.45, 2.75) is 19.8 Å². The summed E-state index contributed by atoms with van der Waals surface area (Å²) in [6, 6.07) is 17.5. The molecule has 154 valence electrons. The predicted octanol–water partition coefficient (Wildman–Crippen LogP) is 7.53. The van der Waals surface area contributed by atoms with Gasteiger partial charge in [-0.1, -0.05) is 90.6 Å². The van der Waals surface area contributed by atoms with Gasteiger partial charge in [-0.05, 0) is 70.5 Å². The zero-order valence-corrected chi connectivity index (χ0v) is 18.4. The number of rotatable bonds is 3. The van der Waals surface area contributed by atoms with E-state index in [1.165, 1.54) is 55.7 Å². The monoisotopic (exact) mass is 411 g/mol. The van der Waals surface area contributed by atoms with Gasteiger partial charge in [0.15, 0.2) is 0 Å². The minimum absolute atomic E-state index is 0.282. The Kier molecular flexibility index (Phi) is 4.36. The van der Waals surface area contributed by atoms with Crippen LogP contribution in [0.25, 0.3) is 17.2 Å². The highest BCUT2D eigenvalue weighted by molar-refractivity contribution is 5.85. The first-order valence-corrected chi connectivity index (χ1v) is 11.2. The summed E-state index contributed by atoms with van der Waals surface area (Å²) in [5, 5.41) is 3.47. The van der Waals surface area contributed by atoms with E-state index in [4.69, 9.17) is 0 Å². The summed E-state index contributed by atoms with van der Waals surface area (Å²) in [7, 11) is 0. The lowest BCUT2D eigenvalue weighted by Crippen LogP contribution is -2.10. The number of nitrogens with one attached hydrogen (secondary N) is 1. The molecule has 0 saturated carbocycles. The van der Waals surface area contributed by atoms with E-state index in [-0.39, 0.29) is 5.92 Å². The maximum absolute atomic E-state index is 3.47. The Balaban J connectivity index is 1.50. The van der Waals surface area contributed by atoms with Gasteiger partial charge in [-0.3, -0.25) is 0 Å². The zero-order valence-electron chi connectivity index (χ0n) is 18.4. The average Bonchev–Trinajstić information content (AvgIpc) is 3.36.